The SMILES string of the molecule is NC(Cc1c(C(=O)O)on(Cc2ccccc2)c1=O)C(=O)O. The lowest BCUT2D eigenvalue weighted by Gasteiger charge is -2.02. The molecule has 0 spiro atoms. The summed E-state index contributed by atoms with van der Waals surface area (Å²) >= 11 is 0. The van der Waals surface area contributed by atoms with Crippen molar-refractivity contribution in [1.82, 2.24) is 4.74 Å². The highest BCUT2D eigenvalue weighted by atomic mass is 16.5. The van der Waals surface area contributed by atoms with Crippen molar-refractivity contribution < 1.29 is 24.3 Å². The molecule has 0 fully saturated rings. The van der Waals surface area contributed by atoms with Crippen LogP contribution in [0.2, 0.25) is 0 Å². The Hall–Kier alpha value is -2.87. The van der Waals surface area contributed by atoms with Gasteiger partial charge >= 0.3 is 11.9 Å². The first-order valence-corrected chi connectivity index (χ1v) is 6.38. The zero-order valence-electron chi connectivity index (χ0n) is 11.4. The van der Waals surface area contributed by atoms with Gasteiger partial charge in [-0.2, -0.15) is 4.74 Å². The van der Waals surface area contributed by atoms with E-state index in [2.05, 4.69) is 0 Å². The van der Waals surface area contributed by atoms with Crippen molar-refractivity contribution >= 4 is 11.9 Å². The molecule has 4 N–H and O–H groups in total. The van der Waals surface area contributed by atoms with Gasteiger partial charge in [0.15, 0.2) is 0 Å². The third-order valence-electron chi connectivity index (χ3n) is 3.06. The second-order valence-electron chi connectivity index (χ2n) is 4.68. The molecule has 8 nitrogen and oxygen atoms in total. The number of nitrogens with two attached hydrogens (primary N) is 1. The Morgan fingerprint density at radius 1 is 1.23 bits per heavy atom. The van der Waals surface area contributed by atoms with Gasteiger partial charge in [-0.15, -0.1) is 0 Å². The molecule has 1 unspecified atom stereocenters. The molecule has 22 heavy (non-hydrogen) atoms. The number of hydrogen-bond donors (Lipinski definition) is 3. The zero-order chi connectivity index (χ0) is 16.3. The number of nitrogens with zero attached hydrogens (tertiary/aromatic N) is 1. The maximum absolute atomic E-state index is 12.2. The monoisotopic (exact) mass is 306 g/mol. The van der Waals surface area contributed by atoms with Crippen LogP contribution in [0.5, 0.6) is 0 Å². The minimum absolute atomic E-state index is 0.0439. The van der Waals surface area contributed by atoms with Crippen molar-refractivity contribution in [3.63, 3.8) is 0 Å². The van der Waals surface area contributed by atoms with E-state index in [1.807, 2.05) is 0 Å². The molecule has 2 aromatic rings. The van der Waals surface area contributed by atoms with Crippen LogP contribution in [0.25, 0.3) is 0 Å². The van der Waals surface area contributed by atoms with Crippen molar-refractivity contribution in [1.29, 1.82) is 0 Å². The molecule has 0 aliphatic heterocycles. The van der Waals surface area contributed by atoms with Crippen LogP contribution in [-0.2, 0) is 17.8 Å². The van der Waals surface area contributed by atoms with Crippen LogP contribution >= 0.6 is 0 Å². The third-order valence-corrected chi connectivity index (χ3v) is 3.06. The van der Waals surface area contributed by atoms with E-state index in [9.17, 15) is 14.4 Å². The van der Waals surface area contributed by atoms with E-state index >= 15 is 0 Å². The summed E-state index contributed by atoms with van der Waals surface area (Å²) in [5.74, 6) is -3.36. The first-order chi connectivity index (χ1) is 10.4. The van der Waals surface area contributed by atoms with E-state index in [1.165, 1.54) is 0 Å². The van der Waals surface area contributed by atoms with Gasteiger partial charge in [0.2, 0.25) is 5.76 Å². The summed E-state index contributed by atoms with van der Waals surface area (Å²) in [6.07, 6.45) is -0.416. The summed E-state index contributed by atoms with van der Waals surface area (Å²) in [4.78, 5) is 34.2. The Morgan fingerprint density at radius 3 is 2.41 bits per heavy atom. The number of benzene rings is 1. The molecule has 0 bridgehead atoms. The lowest BCUT2D eigenvalue weighted by Crippen LogP contribution is -2.34. The fourth-order valence-electron chi connectivity index (χ4n) is 1.96. The number of carboxylic acids is 2. The van der Waals surface area contributed by atoms with Crippen LogP contribution in [0.15, 0.2) is 39.6 Å². The molecule has 0 aliphatic carbocycles. The standard InChI is InChI=1S/C14H14N2O6/c15-10(13(18)19)6-9-11(14(20)21)22-16(12(9)17)7-8-4-2-1-3-5-8/h1-5,10H,6-7,15H2,(H,18,19)(H,20,21). The number of carboxylic acid groups (broad SMARTS) is 2. The molecule has 8 heteroatoms. The van der Waals surface area contributed by atoms with Crippen LogP contribution in [0.3, 0.4) is 0 Å². The molecule has 0 radical (unpaired) electrons. The Labute approximate surface area is 124 Å². The molecule has 2 rings (SSSR count). The third kappa shape index (κ3) is 3.23. The maximum atomic E-state index is 12.2. The van der Waals surface area contributed by atoms with Crippen LogP contribution in [0, 0.1) is 0 Å². The number of hydrogen-bond acceptors (Lipinski definition) is 5. The van der Waals surface area contributed by atoms with E-state index < -0.39 is 35.7 Å². The fourth-order valence-corrected chi connectivity index (χ4v) is 1.96. The second kappa shape index (κ2) is 6.27. The normalized spacial score (nSPS) is 12.0. The molecular weight excluding hydrogens is 292 g/mol. The quantitative estimate of drug-likeness (QED) is 0.690. The lowest BCUT2D eigenvalue weighted by atomic mass is 10.1. The van der Waals surface area contributed by atoms with Crippen LogP contribution in [0.1, 0.15) is 21.7 Å². The maximum Gasteiger partial charge on any atom is 0.375 e. The fraction of sp³-hybridized carbons (Fsp3) is 0.214. The molecule has 1 heterocycles. The zero-order valence-corrected chi connectivity index (χ0v) is 11.4. The Kier molecular flexibility index (Phi) is 4.42. The Balaban J connectivity index is 2.39. The molecular formula is C14H14N2O6. The minimum Gasteiger partial charge on any atom is -0.480 e. The van der Waals surface area contributed by atoms with Crippen LogP contribution in [0.4, 0.5) is 0 Å². The van der Waals surface area contributed by atoms with E-state index in [4.69, 9.17) is 20.5 Å². The Morgan fingerprint density at radius 2 is 1.86 bits per heavy atom. The van der Waals surface area contributed by atoms with Gasteiger partial charge in [0, 0.05) is 6.42 Å². The van der Waals surface area contributed by atoms with Gasteiger partial charge in [-0.25, -0.2) is 4.79 Å². The average molecular weight is 306 g/mol. The van der Waals surface area contributed by atoms with Crippen molar-refractivity contribution in [3.05, 3.63) is 57.6 Å². The second-order valence-corrected chi connectivity index (χ2v) is 4.68. The number of rotatable bonds is 6. The lowest BCUT2D eigenvalue weighted by molar-refractivity contribution is -0.138. The number of carbonyl (C=O) groups is 2. The molecule has 1 atom stereocenters. The predicted octanol–water partition coefficient (Wildman–Crippen LogP) is 0.142. The molecule has 0 saturated heterocycles. The molecule has 1 aromatic heterocycles. The number of aliphatic carboxylic acids is 1. The predicted molar refractivity (Wildman–Crippen MR) is 74.8 cm³/mol. The molecule has 1 aromatic carbocycles. The van der Waals surface area contributed by atoms with Gasteiger partial charge in [0.1, 0.15) is 6.04 Å². The molecule has 116 valence electrons. The molecule has 0 aliphatic rings. The summed E-state index contributed by atoms with van der Waals surface area (Å²) in [6.45, 7) is 0.0439. The summed E-state index contributed by atoms with van der Waals surface area (Å²) in [5.41, 5.74) is 5.16. The summed E-state index contributed by atoms with van der Waals surface area (Å²) in [7, 11) is 0. The highest BCUT2D eigenvalue weighted by molar-refractivity contribution is 5.86. The topological polar surface area (TPSA) is 136 Å². The van der Waals surface area contributed by atoms with Crippen molar-refractivity contribution in [2.75, 3.05) is 0 Å². The summed E-state index contributed by atoms with van der Waals surface area (Å²) < 4.78 is 5.93. The van der Waals surface area contributed by atoms with Gasteiger partial charge < -0.3 is 20.5 Å². The van der Waals surface area contributed by atoms with Gasteiger partial charge in [-0.1, -0.05) is 30.3 Å². The van der Waals surface area contributed by atoms with Gasteiger partial charge in [0.25, 0.3) is 5.56 Å². The van der Waals surface area contributed by atoms with E-state index in [0.29, 0.717) is 0 Å². The summed E-state index contributed by atoms with van der Waals surface area (Å²) in [6, 6.07) is 7.45. The van der Waals surface area contributed by atoms with E-state index in [-0.39, 0.29) is 12.1 Å². The highest BCUT2D eigenvalue weighted by Crippen LogP contribution is 2.10. The number of aromatic carboxylic acids is 1. The van der Waals surface area contributed by atoms with Crippen molar-refractivity contribution in [3.8, 4) is 0 Å². The number of aromatic nitrogens is 1. The van der Waals surface area contributed by atoms with Crippen LogP contribution in [-0.4, -0.2) is 32.9 Å². The van der Waals surface area contributed by atoms with Crippen molar-refractivity contribution in [2.45, 2.75) is 19.0 Å². The smallest absolute Gasteiger partial charge is 0.375 e. The minimum atomic E-state index is -1.45. The first kappa shape index (κ1) is 15.5. The average Bonchev–Trinajstić information content (AvgIpc) is 2.77. The first-order valence-electron chi connectivity index (χ1n) is 6.38. The van der Waals surface area contributed by atoms with Crippen molar-refractivity contribution in [2.24, 2.45) is 5.73 Å². The molecule has 0 amide bonds. The van der Waals surface area contributed by atoms with Crippen LogP contribution < -0.4 is 11.3 Å². The highest BCUT2D eigenvalue weighted by Gasteiger charge is 2.26. The van der Waals surface area contributed by atoms with Gasteiger partial charge in [-0.3, -0.25) is 9.59 Å². The van der Waals surface area contributed by atoms with E-state index in [1.54, 1.807) is 30.3 Å². The van der Waals surface area contributed by atoms with Gasteiger partial charge in [-0.05, 0) is 5.56 Å². The van der Waals surface area contributed by atoms with E-state index in [0.717, 1.165) is 10.3 Å². The summed E-state index contributed by atoms with van der Waals surface area (Å²) in [5, 5.41) is 17.9. The molecule has 0 saturated carbocycles. The van der Waals surface area contributed by atoms with Gasteiger partial charge in [0.05, 0.1) is 12.1 Å². The largest absolute Gasteiger partial charge is 0.480 e. The Bertz CT molecular complexity index is 746.